The minimum absolute atomic E-state index is 0. The van der Waals surface area contributed by atoms with E-state index in [4.69, 9.17) is 25.0 Å². The minimum Gasteiger partial charge on any atom is -0.507 e. The third kappa shape index (κ3) is 10.2. The Kier molecular flexibility index (Phi) is 10.1. The summed E-state index contributed by atoms with van der Waals surface area (Å²) in [4.78, 5) is 10.4. The van der Waals surface area contributed by atoms with Crippen LogP contribution >= 0.6 is 0 Å². The molecule has 0 aliphatic rings. The van der Waals surface area contributed by atoms with Crippen LogP contribution in [0.2, 0.25) is 0 Å². The fourth-order valence-electron chi connectivity index (χ4n) is 9.47. The number of nitrogens with zero attached hydrogens (tertiary/aromatic N) is 3. The van der Waals surface area contributed by atoms with Crippen molar-refractivity contribution in [3.63, 3.8) is 0 Å². The summed E-state index contributed by atoms with van der Waals surface area (Å²) in [6.07, 6.45) is 1.41. The number of pyridine rings is 1. The van der Waals surface area contributed by atoms with E-state index in [0.717, 1.165) is 55.8 Å². The van der Waals surface area contributed by atoms with Gasteiger partial charge in [0.25, 0.3) is 0 Å². The molecule has 0 unspecified atom stereocenters. The van der Waals surface area contributed by atoms with Crippen molar-refractivity contribution in [3.05, 3.63) is 216 Å². The molecule has 374 valence electrons. The largest absolute Gasteiger partial charge is 0.507 e. The molecule has 0 bridgehead atoms. The van der Waals surface area contributed by atoms with Crippen molar-refractivity contribution in [1.29, 1.82) is 0 Å². The number of aromatic nitrogens is 3. The van der Waals surface area contributed by atoms with Gasteiger partial charge in [0.1, 0.15) is 11.6 Å². The van der Waals surface area contributed by atoms with Crippen LogP contribution in [0.25, 0.3) is 95.0 Å². The zero-order valence-electron chi connectivity index (χ0n) is 56.7. The summed E-state index contributed by atoms with van der Waals surface area (Å²) >= 11 is 0. The predicted octanol–water partition coefficient (Wildman–Crippen LogP) is 18.6. The number of fused-ring (bicyclic) bond motifs is 1. The van der Waals surface area contributed by atoms with E-state index in [2.05, 4.69) is 70.4 Å². The maximum atomic E-state index is 12.9. The number of rotatable bonds is 9. The Bertz CT molecular complexity index is 4220. The van der Waals surface area contributed by atoms with E-state index in [1.807, 2.05) is 141 Å². The molecule has 10 aromatic rings. The number of phenolic OH excluding ortho intramolecular Hbond substituents is 1. The Labute approximate surface area is 473 Å². The average molecular weight is 1160 g/mol. The van der Waals surface area contributed by atoms with Gasteiger partial charge in [-0.1, -0.05) is 232 Å². The Morgan fingerprint density at radius 1 is 0.554 bits per heavy atom. The summed E-state index contributed by atoms with van der Waals surface area (Å²) in [5, 5.41) is 12.9. The molecule has 0 saturated heterocycles. The first-order valence-electron chi connectivity index (χ1n) is 31.5. The Hall–Kier alpha value is -7.13. The van der Waals surface area contributed by atoms with Crippen molar-refractivity contribution in [3.8, 4) is 89.7 Å². The minimum atomic E-state index is -3.84. The van der Waals surface area contributed by atoms with Crippen LogP contribution < -0.4 is 0 Å². The van der Waals surface area contributed by atoms with Gasteiger partial charge in [-0.2, -0.15) is 0 Å². The number of para-hydroxylation sites is 1. The van der Waals surface area contributed by atoms with Gasteiger partial charge in [0.2, 0.25) is 0 Å². The fourth-order valence-corrected chi connectivity index (χ4v) is 9.47. The molecule has 5 heteroatoms. The van der Waals surface area contributed by atoms with Crippen LogP contribution in [0.4, 0.5) is 0 Å². The summed E-state index contributed by atoms with van der Waals surface area (Å²) in [5.74, 6) is -0.513. The van der Waals surface area contributed by atoms with Crippen LogP contribution in [0.1, 0.15) is 123 Å². The maximum absolute atomic E-state index is 12.9. The van der Waals surface area contributed by atoms with Crippen molar-refractivity contribution < 1.29 is 45.4 Å². The normalized spacial score (nSPS) is 15.5. The molecule has 2 aromatic heterocycles. The second-order valence-corrected chi connectivity index (χ2v) is 21.0. The number of hydrogen-bond acceptors (Lipinski definition) is 3. The molecule has 0 atom stereocenters. The number of imidazole rings is 1. The Morgan fingerprint density at radius 2 is 1.18 bits per heavy atom. The van der Waals surface area contributed by atoms with Crippen LogP contribution in [0.15, 0.2) is 188 Å². The number of phenols is 1. The van der Waals surface area contributed by atoms with Gasteiger partial charge in [0.05, 0.1) is 27.8 Å². The Morgan fingerprint density at radius 3 is 1.78 bits per heavy atom. The fraction of sp³-hybridized carbons (Fsp3) is 0.217. The van der Waals surface area contributed by atoms with Gasteiger partial charge >= 0.3 is 0 Å². The van der Waals surface area contributed by atoms with E-state index in [9.17, 15) is 9.22 Å². The van der Waals surface area contributed by atoms with E-state index in [0.29, 0.717) is 39.1 Å². The quantitative estimate of drug-likeness (QED) is 0.147. The van der Waals surface area contributed by atoms with E-state index in [1.54, 1.807) is 0 Å². The molecule has 0 saturated carbocycles. The third-order valence-electron chi connectivity index (χ3n) is 13.4. The van der Waals surface area contributed by atoms with E-state index >= 15 is 0 Å². The zero-order valence-corrected chi connectivity index (χ0v) is 45.0. The van der Waals surface area contributed by atoms with Gasteiger partial charge in [-0.3, -0.25) is 9.55 Å². The van der Waals surface area contributed by atoms with Gasteiger partial charge in [0, 0.05) is 57.8 Å². The van der Waals surface area contributed by atoms with E-state index in [-0.39, 0.29) is 49.1 Å². The second-order valence-electron chi connectivity index (χ2n) is 21.0. The molecule has 0 amide bonds. The van der Waals surface area contributed by atoms with Crippen LogP contribution in [-0.4, -0.2) is 19.6 Å². The number of aromatic hydroxyl groups is 1. The van der Waals surface area contributed by atoms with Gasteiger partial charge in [-0.15, -0.1) is 23.8 Å². The van der Waals surface area contributed by atoms with Crippen molar-refractivity contribution >= 4 is 11.0 Å². The SMILES string of the molecule is [2H]c1c([2H])c(C(C([2H])([2H])[2H])(C([2H])([2H])[2H])C([2H])([2H])[2H])c([2H])c([2H])c1-c1ccnc(-c2[c-]c(-c3cccc4c3nc(-c3cc(C(C)(C)C)cc(C(C)(C)C)c3O)n4-c3cc(-c4ccccc4)c(C([2H])(C)C)cc3-c3ccccc3)cc(-c3ccccc3)c2)c1.[Pt]. The smallest absolute Gasteiger partial charge is 0.148 e. The van der Waals surface area contributed by atoms with Crippen molar-refractivity contribution in [2.45, 2.75) is 98.1 Å². The molecule has 10 rings (SSSR count). The molecule has 1 N–H and O–H groups in total. The number of benzene rings is 8. The molecule has 0 radical (unpaired) electrons. The first-order chi connectivity index (χ1) is 40.6. The van der Waals surface area contributed by atoms with Crippen molar-refractivity contribution in [2.75, 3.05) is 0 Å². The molecule has 4 nitrogen and oxygen atoms in total. The standard InChI is InChI=1S/C69H66N3O.Pt/c1-44(2)56-42-58(48-26-19-14-20-27-48)63(43-57(56)47-24-17-13-18-25-47)72-62-29-21-28-55(64(62)71-66(72)59-40-54(68(6,7)8)41-60(65(59)73)69(9,10)11)51-36-50(45-22-15-12-16-23-45)37-52(38-51)61-39-49(34-35-70-61)46-30-32-53(33-31-46)67(3,4)5;/h12-37,39-44,73H,1-11H3;/q-1;/i3D3,4D3,5D3,30D,31D,32D,33D,44D;. The summed E-state index contributed by atoms with van der Waals surface area (Å²) < 4.78 is 123. The van der Waals surface area contributed by atoms with Gasteiger partial charge in [-0.05, 0) is 103 Å². The molecule has 0 aliphatic carbocycles. The van der Waals surface area contributed by atoms with Crippen molar-refractivity contribution in [1.82, 2.24) is 14.5 Å². The van der Waals surface area contributed by atoms with E-state index < -0.39 is 67.0 Å². The Balaban J connectivity index is 0.00000922. The van der Waals surface area contributed by atoms with Crippen LogP contribution in [-0.2, 0) is 37.3 Å². The monoisotopic (exact) mass is 1160 g/mol. The molecule has 0 fully saturated rings. The summed E-state index contributed by atoms with van der Waals surface area (Å²) in [6.45, 7) is 4.90. The first-order valence-corrected chi connectivity index (χ1v) is 24.5. The summed E-state index contributed by atoms with van der Waals surface area (Å²) in [5.41, 5.74) is 5.84. The first kappa shape index (κ1) is 36.7. The predicted molar refractivity (Wildman–Crippen MR) is 308 cm³/mol. The second kappa shape index (κ2) is 20.3. The molecular weight excluding hydrogens is 1080 g/mol. The third-order valence-corrected chi connectivity index (χ3v) is 13.4. The number of hydrogen-bond donors (Lipinski definition) is 1. The maximum Gasteiger partial charge on any atom is 0.148 e. The molecular formula is C69H66N3OPt-. The van der Waals surface area contributed by atoms with Crippen LogP contribution in [0, 0.1) is 6.07 Å². The van der Waals surface area contributed by atoms with Gasteiger partial charge in [-0.25, -0.2) is 4.98 Å². The molecule has 8 aromatic carbocycles. The van der Waals surface area contributed by atoms with Crippen molar-refractivity contribution in [2.24, 2.45) is 0 Å². The van der Waals surface area contributed by atoms with Crippen LogP contribution in [0.5, 0.6) is 5.75 Å². The summed E-state index contributed by atoms with van der Waals surface area (Å²) in [7, 11) is 0. The van der Waals surface area contributed by atoms with E-state index in [1.165, 1.54) is 18.3 Å². The van der Waals surface area contributed by atoms with Gasteiger partial charge in [0.15, 0.2) is 0 Å². The zero-order chi connectivity index (χ0) is 63.3. The molecule has 0 aliphatic heterocycles. The molecule has 0 spiro atoms. The van der Waals surface area contributed by atoms with Crippen LogP contribution in [0.3, 0.4) is 0 Å². The summed E-state index contributed by atoms with van der Waals surface area (Å²) in [6, 6.07) is 50.4. The topological polar surface area (TPSA) is 50.9 Å². The van der Waals surface area contributed by atoms with Gasteiger partial charge < -0.3 is 5.11 Å². The molecule has 2 heterocycles. The average Bonchev–Trinajstić information content (AvgIpc) is 0.712. The molecule has 74 heavy (non-hydrogen) atoms.